The van der Waals surface area contributed by atoms with Crippen molar-refractivity contribution in [2.45, 2.75) is 63.3 Å². The van der Waals surface area contributed by atoms with Gasteiger partial charge >= 0.3 is 5.97 Å². The van der Waals surface area contributed by atoms with Gasteiger partial charge in [-0.2, -0.15) is 0 Å². The van der Waals surface area contributed by atoms with E-state index in [1.807, 2.05) is 0 Å². The highest BCUT2D eigenvalue weighted by atomic mass is 16.8. The lowest BCUT2D eigenvalue weighted by Crippen LogP contribution is -2.55. The molecular formula is C12H20O6. The number of hydrogen-bond donors (Lipinski definition) is 2. The third kappa shape index (κ3) is 2.66. The smallest absolute Gasteiger partial charge is 0.302 e. The first kappa shape index (κ1) is 13.7. The summed E-state index contributed by atoms with van der Waals surface area (Å²) in [6.07, 6.45) is -2.22. The van der Waals surface area contributed by atoms with Crippen LogP contribution < -0.4 is 0 Å². The first-order chi connectivity index (χ1) is 8.23. The van der Waals surface area contributed by atoms with E-state index in [1.54, 1.807) is 13.8 Å². The van der Waals surface area contributed by atoms with E-state index < -0.39 is 35.7 Å². The maximum Gasteiger partial charge on any atom is 0.302 e. The van der Waals surface area contributed by atoms with Crippen LogP contribution >= 0.6 is 0 Å². The molecule has 2 rings (SSSR count). The van der Waals surface area contributed by atoms with Crippen molar-refractivity contribution in [3.63, 3.8) is 0 Å². The van der Waals surface area contributed by atoms with E-state index in [0.717, 1.165) is 0 Å². The molecule has 2 fully saturated rings. The summed E-state index contributed by atoms with van der Waals surface area (Å²) in [6, 6.07) is 0. The molecule has 1 saturated heterocycles. The van der Waals surface area contributed by atoms with E-state index in [9.17, 15) is 15.0 Å². The predicted molar refractivity (Wildman–Crippen MR) is 60.6 cm³/mol. The zero-order valence-electron chi connectivity index (χ0n) is 10.9. The fourth-order valence-corrected chi connectivity index (χ4v) is 2.73. The lowest BCUT2D eigenvalue weighted by Gasteiger charge is -2.41. The molecule has 6 nitrogen and oxygen atoms in total. The van der Waals surface area contributed by atoms with Crippen molar-refractivity contribution >= 4 is 5.97 Å². The van der Waals surface area contributed by atoms with Crippen molar-refractivity contribution in [2.75, 3.05) is 6.61 Å². The molecule has 0 aromatic carbocycles. The van der Waals surface area contributed by atoms with Gasteiger partial charge in [-0.05, 0) is 13.8 Å². The average Bonchev–Trinajstić information content (AvgIpc) is 2.49. The molecule has 2 N–H and O–H groups in total. The molecular weight excluding hydrogens is 240 g/mol. The molecule has 0 unspecified atom stereocenters. The van der Waals surface area contributed by atoms with Crippen LogP contribution in [0.25, 0.3) is 0 Å². The van der Waals surface area contributed by atoms with Crippen LogP contribution in [0.2, 0.25) is 0 Å². The Morgan fingerprint density at radius 2 is 2.00 bits per heavy atom. The van der Waals surface area contributed by atoms with Crippen molar-refractivity contribution in [3.8, 4) is 0 Å². The van der Waals surface area contributed by atoms with Crippen LogP contribution in [0, 0.1) is 0 Å². The zero-order chi connectivity index (χ0) is 13.6. The Morgan fingerprint density at radius 3 is 2.50 bits per heavy atom. The molecule has 1 saturated carbocycles. The fourth-order valence-electron chi connectivity index (χ4n) is 2.73. The van der Waals surface area contributed by atoms with E-state index in [0.29, 0.717) is 13.0 Å². The molecule has 104 valence electrons. The van der Waals surface area contributed by atoms with Gasteiger partial charge in [-0.3, -0.25) is 4.79 Å². The SMILES string of the molecule is CC(=O)O[C@@H]1C[C@]2(COC(C)(C)O2)C[C@@H](O)[C@H]1O. The third-order valence-corrected chi connectivity index (χ3v) is 3.39. The quantitative estimate of drug-likeness (QED) is 0.643. The fraction of sp³-hybridized carbons (Fsp3) is 0.917. The summed E-state index contributed by atoms with van der Waals surface area (Å²) in [5.74, 6) is -1.20. The molecule has 1 heterocycles. The summed E-state index contributed by atoms with van der Waals surface area (Å²) >= 11 is 0. The number of rotatable bonds is 1. The minimum absolute atomic E-state index is 0.273. The maximum atomic E-state index is 11.0. The van der Waals surface area contributed by atoms with Crippen molar-refractivity contribution < 1.29 is 29.2 Å². The van der Waals surface area contributed by atoms with Gasteiger partial charge in [0.1, 0.15) is 17.8 Å². The average molecular weight is 260 g/mol. The van der Waals surface area contributed by atoms with Crippen molar-refractivity contribution in [1.82, 2.24) is 0 Å². The number of hydrogen-bond acceptors (Lipinski definition) is 6. The standard InChI is InChI=1S/C12H20O6/c1-7(13)17-9-5-12(4-8(14)10(9)15)6-16-11(2,3)18-12/h8-10,14-15H,4-6H2,1-3H3/t8-,9-,10-,12+/m1/s1. The van der Waals surface area contributed by atoms with Crippen LogP contribution in [-0.4, -0.2) is 52.5 Å². The van der Waals surface area contributed by atoms with Gasteiger partial charge in [-0.25, -0.2) is 0 Å². The summed E-state index contributed by atoms with van der Waals surface area (Å²) in [5, 5.41) is 19.7. The normalized spacial score (nSPS) is 43.1. The molecule has 4 atom stereocenters. The van der Waals surface area contributed by atoms with Gasteiger partial charge in [0, 0.05) is 19.8 Å². The number of esters is 1. The van der Waals surface area contributed by atoms with E-state index in [2.05, 4.69) is 0 Å². The van der Waals surface area contributed by atoms with Crippen molar-refractivity contribution in [2.24, 2.45) is 0 Å². The van der Waals surface area contributed by atoms with Gasteiger partial charge < -0.3 is 24.4 Å². The Balaban J connectivity index is 2.13. The lowest BCUT2D eigenvalue weighted by atomic mass is 9.80. The van der Waals surface area contributed by atoms with E-state index in [4.69, 9.17) is 14.2 Å². The van der Waals surface area contributed by atoms with Gasteiger partial charge in [0.25, 0.3) is 0 Å². The van der Waals surface area contributed by atoms with E-state index in [-0.39, 0.29) is 6.42 Å². The second kappa shape index (κ2) is 4.45. The van der Waals surface area contributed by atoms with Crippen LogP contribution in [0.15, 0.2) is 0 Å². The first-order valence-electron chi connectivity index (χ1n) is 6.11. The third-order valence-electron chi connectivity index (χ3n) is 3.39. The summed E-state index contributed by atoms with van der Waals surface area (Å²) < 4.78 is 16.4. The highest BCUT2D eigenvalue weighted by Gasteiger charge is 2.53. The number of ether oxygens (including phenoxy) is 3. The van der Waals surface area contributed by atoms with Crippen molar-refractivity contribution in [3.05, 3.63) is 0 Å². The summed E-state index contributed by atoms with van der Waals surface area (Å²) in [6.45, 7) is 5.18. The zero-order valence-corrected chi connectivity index (χ0v) is 10.9. The van der Waals surface area contributed by atoms with Crippen LogP contribution in [0.3, 0.4) is 0 Å². The predicted octanol–water partition coefficient (Wildman–Crippen LogP) is -0.0446. The summed E-state index contributed by atoms with van der Waals surface area (Å²) in [4.78, 5) is 11.0. The summed E-state index contributed by atoms with van der Waals surface area (Å²) in [5.41, 5.74) is -0.692. The highest BCUT2D eigenvalue weighted by Crippen LogP contribution is 2.42. The molecule has 18 heavy (non-hydrogen) atoms. The molecule has 1 aliphatic heterocycles. The number of carbonyl (C=O) groups excluding carboxylic acids is 1. The van der Waals surface area contributed by atoms with Crippen molar-refractivity contribution in [1.29, 1.82) is 0 Å². The van der Waals surface area contributed by atoms with Crippen LogP contribution in [0.4, 0.5) is 0 Å². The van der Waals surface area contributed by atoms with Gasteiger partial charge in [0.15, 0.2) is 5.79 Å². The Kier molecular flexibility index (Phi) is 3.40. The molecule has 0 aromatic heterocycles. The molecule has 1 spiro atoms. The lowest BCUT2D eigenvalue weighted by molar-refractivity contribution is -0.209. The molecule has 0 radical (unpaired) electrons. The molecule has 0 bridgehead atoms. The maximum absolute atomic E-state index is 11.0. The minimum atomic E-state index is -1.08. The Morgan fingerprint density at radius 1 is 1.33 bits per heavy atom. The molecule has 6 heteroatoms. The minimum Gasteiger partial charge on any atom is -0.460 e. The largest absolute Gasteiger partial charge is 0.460 e. The van der Waals surface area contributed by atoms with Crippen LogP contribution in [0.1, 0.15) is 33.6 Å². The highest BCUT2D eigenvalue weighted by molar-refractivity contribution is 5.66. The van der Waals surface area contributed by atoms with Crippen LogP contribution in [0.5, 0.6) is 0 Å². The molecule has 0 amide bonds. The second-order valence-electron chi connectivity index (χ2n) is 5.59. The Labute approximate surface area is 106 Å². The number of aliphatic hydroxyl groups is 2. The van der Waals surface area contributed by atoms with E-state index >= 15 is 0 Å². The molecule has 2 aliphatic rings. The Hall–Kier alpha value is -0.690. The number of aliphatic hydroxyl groups excluding tert-OH is 2. The van der Waals surface area contributed by atoms with E-state index in [1.165, 1.54) is 6.92 Å². The second-order valence-corrected chi connectivity index (χ2v) is 5.59. The summed E-state index contributed by atoms with van der Waals surface area (Å²) in [7, 11) is 0. The Bertz CT molecular complexity index is 341. The monoisotopic (exact) mass is 260 g/mol. The molecule has 0 aromatic rings. The topological polar surface area (TPSA) is 85.2 Å². The molecule has 1 aliphatic carbocycles. The first-order valence-corrected chi connectivity index (χ1v) is 6.11. The van der Waals surface area contributed by atoms with Gasteiger partial charge in [0.05, 0.1) is 12.7 Å². The van der Waals surface area contributed by atoms with Gasteiger partial charge in [-0.1, -0.05) is 0 Å². The van der Waals surface area contributed by atoms with Gasteiger partial charge in [0.2, 0.25) is 0 Å². The van der Waals surface area contributed by atoms with Gasteiger partial charge in [-0.15, -0.1) is 0 Å². The number of carbonyl (C=O) groups is 1. The van der Waals surface area contributed by atoms with Crippen LogP contribution in [-0.2, 0) is 19.0 Å².